The molecular weight excluding hydrogens is 1070 g/mol. The molecule has 9 nitrogen and oxygen atoms in total. The summed E-state index contributed by atoms with van der Waals surface area (Å²) in [7, 11) is 0. The fourth-order valence-corrected chi connectivity index (χ4v) is 10.2. The number of rotatable bonds is 59. The van der Waals surface area contributed by atoms with E-state index in [4.69, 9.17) is 9.47 Å². The zero-order valence-electron chi connectivity index (χ0n) is 54.8. The first-order valence-corrected chi connectivity index (χ1v) is 35.1. The van der Waals surface area contributed by atoms with E-state index in [1.807, 2.05) is 6.08 Å². The van der Waals surface area contributed by atoms with Crippen molar-refractivity contribution in [2.45, 2.75) is 320 Å². The van der Waals surface area contributed by atoms with Gasteiger partial charge in [0.05, 0.1) is 25.4 Å². The van der Waals surface area contributed by atoms with E-state index in [0.717, 1.165) is 103 Å². The average Bonchev–Trinajstić information content (AvgIpc) is 3.59. The minimum atomic E-state index is -1.59. The van der Waals surface area contributed by atoms with Crippen LogP contribution in [0.5, 0.6) is 0 Å². The third-order valence-corrected chi connectivity index (χ3v) is 15.6. The minimum absolute atomic E-state index is 0.227. The van der Waals surface area contributed by atoms with Gasteiger partial charge in [-0.3, -0.25) is 4.79 Å². The zero-order chi connectivity index (χ0) is 62.1. The number of ether oxygens (including phenoxy) is 2. The van der Waals surface area contributed by atoms with E-state index < -0.39 is 49.5 Å². The molecule has 0 saturated carbocycles. The van der Waals surface area contributed by atoms with E-state index in [-0.39, 0.29) is 18.9 Å². The molecule has 1 saturated heterocycles. The monoisotopic (exact) mass is 1200 g/mol. The normalized spacial score (nSPS) is 19.0. The molecule has 0 spiro atoms. The van der Waals surface area contributed by atoms with Crippen LogP contribution >= 0.6 is 0 Å². The number of hydrogen-bond acceptors (Lipinski definition) is 8. The second-order valence-corrected chi connectivity index (χ2v) is 23.6. The number of nitrogens with one attached hydrogen (secondary N) is 1. The van der Waals surface area contributed by atoms with Crippen molar-refractivity contribution in [2.24, 2.45) is 0 Å². The summed E-state index contributed by atoms with van der Waals surface area (Å²) in [6.45, 7) is 3.64. The smallest absolute Gasteiger partial charge is 0.220 e. The summed E-state index contributed by atoms with van der Waals surface area (Å²) in [5.74, 6) is -0.227. The number of amides is 1. The number of allylic oxidation sites excluding steroid dienone is 23. The first-order valence-electron chi connectivity index (χ1n) is 35.1. The fraction of sp³-hybridized carbons (Fsp3) is 0.675. The molecule has 9 heteroatoms. The molecule has 7 unspecified atom stereocenters. The Labute approximate surface area is 527 Å². The summed E-state index contributed by atoms with van der Waals surface area (Å²) >= 11 is 0. The summed E-state index contributed by atoms with van der Waals surface area (Å²) in [6, 6.07) is -0.860. The third kappa shape index (κ3) is 52.1. The molecular formula is C77H129NO8. The van der Waals surface area contributed by atoms with E-state index in [9.17, 15) is 30.3 Å². The highest BCUT2D eigenvalue weighted by atomic mass is 16.7. The molecule has 0 aliphatic carbocycles. The second kappa shape index (κ2) is 64.1. The number of aliphatic hydroxyl groups excluding tert-OH is 5. The number of hydrogen-bond donors (Lipinski definition) is 6. The summed E-state index contributed by atoms with van der Waals surface area (Å²) in [4.78, 5) is 13.1. The van der Waals surface area contributed by atoms with E-state index in [2.05, 4.69) is 153 Å². The van der Waals surface area contributed by atoms with Crippen LogP contribution in [0.1, 0.15) is 277 Å². The molecule has 0 radical (unpaired) electrons. The topological polar surface area (TPSA) is 149 Å². The van der Waals surface area contributed by atoms with E-state index >= 15 is 0 Å². The predicted molar refractivity (Wildman–Crippen MR) is 368 cm³/mol. The first-order chi connectivity index (χ1) is 42.3. The fourth-order valence-electron chi connectivity index (χ4n) is 10.2. The van der Waals surface area contributed by atoms with Crippen molar-refractivity contribution in [3.05, 3.63) is 146 Å². The van der Waals surface area contributed by atoms with Crippen LogP contribution in [-0.2, 0) is 14.3 Å². The molecule has 1 rings (SSSR count). The van der Waals surface area contributed by atoms with Crippen molar-refractivity contribution < 1.29 is 39.8 Å². The molecule has 1 heterocycles. The van der Waals surface area contributed by atoms with Gasteiger partial charge in [0.15, 0.2) is 6.29 Å². The lowest BCUT2D eigenvalue weighted by Crippen LogP contribution is -2.60. The maximum atomic E-state index is 13.1. The Morgan fingerprint density at radius 3 is 1.12 bits per heavy atom. The van der Waals surface area contributed by atoms with Crippen LogP contribution in [0.15, 0.2) is 146 Å². The Kier molecular flexibility index (Phi) is 59.7. The molecule has 0 aromatic rings. The van der Waals surface area contributed by atoms with Crippen molar-refractivity contribution in [1.29, 1.82) is 0 Å². The summed E-state index contributed by atoms with van der Waals surface area (Å²) in [5.41, 5.74) is 0. The van der Waals surface area contributed by atoms with Gasteiger partial charge in [0.2, 0.25) is 5.91 Å². The molecule has 1 amide bonds. The van der Waals surface area contributed by atoms with E-state index in [1.165, 1.54) is 141 Å². The van der Waals surface area contributed by atoms with Crippen LogP contribution in [0, 0.1) is 0 Å². The lowest BCUT2D eigenvalue weighted by atomic mass is 9.99. The third-order valence-electron chi connectivity index (χ3n) is 15.6. The number of carbonyl (C=O) groups is 1. The lowest BCUT2D eigenvalue weighted by Gasteiger charge is -2.40. The zero-order valence-corrected chi connectivity index (χ0v) is 54.8. The summed E-state index contributed by atoms with van der Waals surface area (Å²) in [6.07, 6.45) is 92.4. The minimum Gasteiger partial charge on any atom is -0.394 e. The van der Waals surface area contributed by atoms with Gasteiger partial charge in [0, 0.05) is 6.42 Å². The predicted octanol–water partition coefficient (Wildman–Crippen LogP) is 19.4. The van der Waals surface area contributed by atoms with Gasteiger partial charge in [-0.25, -0.2) is 0 Å². The van der Waals surface area contributed by atoms with Gasteiger partial charge in [-0.1, -0.05) is 301 Å². The Hall–Kier alpha value is -3.93. The Morgan fingerprint density at radius 1 is 0.407 bits per heavy atom. The Bertz CT molecular complexity index is 1870. The molecule has 1 aliphatic heterocycles. The standard InChI is InChI=1S/C77H129NO8/c1-3-5-7-9-11-13-15-17-19-21-23-25-27-29-31-33-35-37-38-40-42-44-46-48-50-52-54-56-58-60-62-64-66-71(80)70(69-85-77-76(84)75(83)74(82)72(68-79)86-77)78-73(81)67-65-63-61-59-57-55-53-51-49-47-45-43-41-39-36-34-32-30-28-26-24-22-20-18-16-14-12-10-8-6-4-2/h6,8,12,14,18,20,24,26,30,32,36,39,43,45,48-51,55-58,64,66,70-72,74-77,79-80,82-84H,3-5,7,9-11,13,15-17,19,21-23,25,27-29,31,33-35,37-38,40-42,44,46-47,52-54,59-63,65,67-69H2,1-2H3,(H,78,81)/b8-6-,14-12-,20-18-,26-24-,32-30-,39-36-,45-43-,50-48+,51-49-,57-55-,58-56+,66-64+. The molecule has 0 aromatic carbocycles. The maximum absolute atomic E-state index is 13.1. The van der Waals surface area contributed by atoms with Crippen molar-refractivity contribution in [2.75, 3.05) is 13.2 Å². The van der Waals surface area contributed by atoms with Crippen LogP contribution in [0.25, 0.3) is 0 Å². The van der Waals surface area contributed by atoms with Gasteiger partial charge in [-0.2, -0.15) is 0 Å². The molecule has 0 aromatic heterocycles. The largest absolute Gasteiger partial charge is 0.394 e. The van der Waals surface area contributed by atoms with Gasteiger partial charge < -0.3 is 40.3 Å². The highest BCUT2D eigenvalue weighted by Gasteiger charge is 2.44. The quantitative estimate of drug-likeness (QED) is 0.0261. The van der Waals surface area contributed by atoms with Crippen LogP contribution in [0.4, 0.5) is 0 Å². The second-order valence-electron chi connectivity index (χ2n) is 23.6. The van der Waals surface area contributed by atoms with Crippen LogP contribution in [0.2, 0.25) is 0 Å². The number of carbonyl (C=O) groups excluding carboxylic acids is 1. The molecule has 7 atom stereocenters. The number of unbranched alkanes of at least 4 members (excludes halogenated alkanes) is 27. The van der Waals surface area contributed by atoms with Crippen LogP contribution in [-0.4, -0.2) is 87.5 Å². The molecule has 86 heavy (non-hydrogen) atoms. The maximum Gasteiger partial charge on any atom is 0.220 e. The van der Waals surface area contributed by atoms with Crippen LogP contribution < -0.4 is 5.32 Å². The Morgan fingerprint density at radius 2 is 0.733 bits per heavy atom. The molecule has 1 aliphatic rings. The van der Waals surface area contributed by atoms with Crippen molar-refractivity contribution in [3.63, 3.8) is 0 Å². The first kappa shape index (κ1) is 80.1. The van der Waals surface area contributed by atoms with Crippen molar-refractivity contribution in [1.82, 2.24) is 5.32 Å². The van der Waals surface area contributed by atoms with Crippen molar-refractivity contribution >= 4 is 5.91 Å². The summed E-state index contributed by atoms with van der Waals surface area (Å²) in [5, 5.41) is 54.7. The van der Waals surface area contributed by atoms with Gasteiger partial charge in [0.1, 0.15) is 24.4 Å². The number of aliphatic hydroxyl groups is 5. The van der Waals surface area contributed by atoms with Crippen LogP contribution in [0.3, 0.4) is 0 Å². The molecule has 0 bridgehead atoms. The van der Waals surface area contributed by atoms with E-state index in [0.29, 0.717) is 12.8 Å². The van der Waals surface area contributed by atoms with Crippen molar-refractivity contribution in [3.8, 4) is 0 Å². The van der Waals surface area contributed by atoms with Gasteiger partial charge >= 0.3 is 0 Å². The summed E-state index contributed by atoms with van der Waals surface area (Å²) < 4.78 is 11.3. The van der Waals surface area contributed by atoms with Gasteiger partial charge in [-0.15, -0.1) is 0 Å². The molecule has 6 N–H and O–H groups in total. The van der Waals surface area contributed by atoms with E-state index in [1.54, 1.807) is 6.08 Å². The average molecular weight is 1200 g/mol. The highest BCUT2D eigenvalue weighted by molar-refractivity contribution is 5.76. The SMILES string of the molecule is CC/C=C\C/C=C\C/C=C\C/C=C\C/C=C\C/C=C\C/C=C\C/C=C\C/C=C\CCCCCC(=O)NC(COC1OC(CO)C(O)C(O)C1O)C(O)/C=C/CC/C=C/CC/C=C/CCCCCCCCCCCCCCCCCCCCCCCC. The molecule has 1 fully saturated rings. The van der Waals surface area contributed by atoms with Gasteiger partial charge in [-0.05, 0) is 116 Å². The lowest BCUT2D eigenvalue weighted by molar-refractivity contribution is -0.302. The van der Waals surface area contributed by atoms with Gasteiger partial charge in [0.25, 0.3) is 0 Å². The molecule has 490 valence electrons. The highest BCUT2D eigenvalue weighted by Crippen LogP contribution is 2.23. The Balaban J connectivity index is 2.23.